The van der Waals surface area contributed by atoms with Crippen LogP contribution >= 0.6 is 15.9 Å². The van der Waals surface area contributed by atoms with Crippen LogP contribution in [-0.2, 0) is 6.61 Å². The second-order valence-corrected chi connectivity index (χ2v) is 5.79. The molecule has 3 heteroatoms. The minimum atomic E-state index is 0.0378. The van der Waals surface area contributed by atoms with Gasteiger partial charge in [0.05, 0.1) is 13.2 Å². The number of aliphatic hydroxyl groups excluding tert-OH is 1. The fraction of sp³-hybridized carbons (Fsp3) is 0.600. The minimum Gasteiger partial charge on any atom is -0.493 e. The predicted molar refractivity (Wildman–Crippen MR) is 79.3 cm³/mol. The Bertz CT molecular complexity index is 328. The average Bonchev–Trinajstić information content (AvgIpc) is 2.39. The molecule has 0 saturated carbocycles. The topological polar surface area (TPSA) is 29.5 Å². The van der Waals surface area contributed by atoms with E-state index < -0.39 is 0 Å². The second kappa shape index (κ2) is 9.40. The van der Waals surface area contributed by atoms with Crippen LogP contribution in [-0.4, -0.2) is 16.5 Å². The van der Waals surface area contributed by atoms with E-state index in [9.17, 15) is 0 Å². The highest BCUT2D eigenvalue weighted by Gasteiger charge is 2.03. The van der Waals surface area contributed by atoms with Crippen LogP contribution in [0.1, 0.15) is 44.6 Å². The maximum absolute atomic E-state index is 9.17. The number of ether oxygens (including phenoxy) is 1. The van der Waals surface area contributed by atoms with Crippen molar-refractivity contribution in [2.75, 3.05) is 6.61 Å². The third-order valence-electron chi connectivity index (χ3n) is 2.91. The smallest absolute Gasteiger partial charge is 0.124 e. The van der Waals surface area contributed by atoms with Crippen LogP contribution in [0.4, 0.5) is 0 Å². The summed E-state index contributed by atoms with van der Waals surface area (Å²) in [4.78, 5) is 0.646. The van der Waals surface area contributed by atoms with E-state index in [0.29, 0.717) is 4.83 Å². The molecule has 0 aliphatic carbocycles. The molecule has 0 aliphatic rings. The number of unbranched alkanes of at least 4 members (excludes halogenated alkanes) is 1. The Morgan fingerprint density at radius 3 is 2.72 bits per heavy atom. The van der Waals surface area contributed by atoms with Gasteiger partial charge in [-0.25, -0.2) is 0 Å². The van der Waals surface area contributed by atoms with Crippen molar-refractivity contribution in [3.63, 3.8) is 0 Å². The van der Waals surface area contributed by atoms with Crippen LogP contribution in [0.25, 0.3) is 0 Å². The van der Waals surface area contributed by atoms with E-state index in [2.05, 4.69) is 22.9 Å². The molecule has 0 amide bonds. The minimum absolute atomic E-state index is 0.0378. The highest BCUT2D eigenvalue weighted by Crippen LogP contribution is 2.19. The summed E-state index contributed by atoms with van der Waals surface area (Å²) in [7, 11) is 0. The first-order chi connectivity index (χ1) is 8.77. The van der Waals surface area contributed by atoms with E-state index in [0.717, 1.165) is 24.3 Å². The third kappa shape index (κ3) is 5.87. The number of hydrogen-bond donors (Lipinski definition) is 1. The van der Waals surface area contributed by atoms with Crippen molar-refractivity contribution in [3.8, 4) is 5.75 Å². The fourth-order valence-electron chi connectivity index (χ4n) is 1.88. The summed E-state index contributed by atoms with van der Waals surface area (Å²) < 4.78 is 5.69. The lowest BCUT2D eigenvalue weighted by Crippen LogP contribution is -2.02. The summed E-state index contributed by atoms with van der Waals surface area (Å²) >= 11 is 3.68. The Balaban J connectivity index is 2.17. The molecule has 102 valence electrons. The molecular weight excluding hydrogens is 292 g/mol. The van der Waals surface area contributed by atoms with Gasteiger partial charge in [0.25, 0.3) is 0 Å². The summed E-state index contributed by atoms with van der Waals surface area (Å²) in [6, 6.07) is 7.66. The predicted octanol–water partition coefficient (Wildman–Crippen LogP) is 4.29. The van der Waals surface area contributed by atoms with Gasteiger partial charge < -0.3 is 9.84 Å². The average molecular weight is 315 g/mol. The van der Waals surface area contributed by atoms with Crippen LogP contribution < -0.4 is 4.74 Å². The van der Waals surface area contributed by atoms with Gasteiger partial charge in [-0.15, -0.1) is 0 Å². The molecule has 1 N–H and O–H groups in total. The second-order valence-electron chi connectivity index (χ2n) is 4.50. The number of hydrogen-bond acceptors (Lipinski definition) is 2. The molecule has 1 rings (SSSR count). The maximum Gasteiger partial charge on any atom is 0.124 e. The van der Waals surface area contributed by atoms with Crippen LogP contribution in [0.5, 0.6) is 5.75 Å². The van der Waals surface area contributed by atoms with Gasteiger partial charge in [0.1, 0.15) is 5.75 Å². The van der Waals surface area contributed by atoms with Gasteiger partial charge in [-0.05, 0) is 31.7 Å². The Kier molecular flexibility index (Phi) is 8.10. The zero-order valence-electron chi connectivity index (χ0n) is 11.1. The zero-order valence-corrected chi connectivity index (χ0v) is 12.7. The van der Waals surface area contributed by atoms with Crippen molar-refractivity contribution in [2.45, 2.75) is 50.5 Å². The molecule has 0 fully saturated rings. The van der Waals surface area contributed by atoms with Crippen molar-refractivity contribution >= 4 is 15.9 Å². The number of benzene rings is 1. The van der Waals surface area contributed by atoms with Crippen molar-refractivity contribution in [1.29, 1.82) is 0 Å². The Labute approximate surface area is 118 Å². The Morgan fingerprint density at radius 1 is 1.22 bits per heavy atom. The maximum atomic E-state index is 9.17. The normalized spacial score (nSPS) is 12.4. The molecule has 1 atom stereocenters. The van der Waals surface area contributed by atoms with Gasteiger partial charge in [0.15, 0.2) is 0 Å². The third-order valence-corrected chi connectivity index (χ3v) is 3.83. The first-order valence-electron chi connectivity index (χ1n) is 6.73. The molecule has 0 spiro atoms. The van der Waals surface area contributed by atoms with E-state index in [1.54, 1.807) is 0 Å². The van der Waals surface area contributed by atoms with Crippen LogP contribution in [0.2, 0.25) is 0 Å². The molecular formula is C15H23BrO2. The lowest BCUT2D eigenvalue weighted by Gasteiger charge is -2.11. The molecule has 0 heterocycles. The van der Waals surface area contributed by atoms with Gasteiger partial charge in [0.2, 0.25) is 0 Å². The lowest BCUT2D eigenvalue weighted by molar-refractivity contribution is 0.260. The molecule has 0 aromatic heterocycles. The molecule has 1 unspecified atom stereocenters. The van der Waals surface area contributed by atoms with E-state index >= 15 is 0 Å². The molecule has 1 aromatic carbocycles. The molecule has 2 nitrogen and oxygen atoms in total. The molecule has 18 heavy (non-hydrogen) atoms. The molecule has 1 aromatic rings. The Hall–Kier alpha value is -0.540. The molecule has 0 bridgehead atoms. The van der Waals surface area contributed by atoms with Gasteiger partial charge in [0, 0.05) is 10.4 Å². The fourth-order valence-corrected chi connectivity index (χ4v) is 2.66. The van der Waals surface area contributed by atoms with Crippen LogP contribution in [0.15, 0.2) is 24.3 Å². The number of alkyl halides is 1. The van der Waals surface area contributed by atoms with Crippen LogP contribution in [0, 0.1) is 0 Å². The van der Waals surface area contributed by atoms with E-state index in [1.807, 2.05) is 24.3 Å². The van der Waals surface area contributed by atoms with Crippen LogP contribution in [0.3, 0.4) is 0 Å². The van der Waals surface area contributed by atoms with E-state index in [4.69, 9.17) is 9.84 Å². The van der Waals surface area contributed by atoms with Crippen molar-refractivity contribution in [3.05, 3.63) is 29.8 Å². The first-order valence-corrected chi connectivity index (χ1v) is 7.65. The van der Waals surface area contributed by atoms with E-state index in [1.165, 1.54) is 25.7 Å². The number of para-hydroxylation sites is 1. The lowest BCUT2D eigenvalue weighted by atomic mass is 10.1. The van der Waals surface area contributed by atoms with Crippen molar-refractivity contribution in [2.24, 2.45) is 0 Å². The highest BCUT2D eigenvalue weighted by atomic mass is 79.9. The van der Waals surface area contributed by atoms with Crippen molar-refractivity contribution in [1.82, 2.24) is 0 Å². The number of rotatable bonds is 9. The molecule has 0 radical (unpaired) electrons. The number of halogens is 1. The SMILES string of the molecule is CCCC(Br)CCCCOc1ccccc1CO. The van der Waals surface area contributed by atoms with Crippen molar-refractivity contribution < 1.29 is 9.84 Å². The van der Waals surface area contributed by atoms with Gasteiger partial charge >= 0.3 is 0 Å². The quantitative estimate of drug-likeness (QED) is 0.544. The first kappa shape index (κ1) is 15.5. The standard InChI is InChI=1S/C15H23BrO2/c1-2-7-14(16)9-5-6-11-18-15-10-4-3-8-13(15)12-17/h3-4,8,10,14,17H,2,5-7,9,11-12H2,1H3. The molecule has 0 aliphatic heterocycles. The number of aliphatic hydroxyl groups is 1. The largest absolute Gasteiger partial charge is 0.493 e. The summed E-state index contributed by atoms with van der Waals surface area (Å²) in [5, 5.41) is 9.17. The highest BCUT2D eigenvalue weighted by molar-refractivity contribution is 9.09. The van der Waals surface area contributed by atoms with E-state index in [-0.39, 0.29) is 6.61 Å². The molecule has 0 saturated heterocycles. The van der Waals surface area contributed by atoms with Gasteiger partial charge in [-0.1, -0.05) is 47.5 Å². The Morgan fingerprint density at radius 2 is 2.00 bits per heavy atom. The summed E-state index contributed by atoms with van der Waals surface area (Å²) in [5.41, 5.74) is 0.863. The monoisotopic (exact) mass is 314 g/mol. The summed E-state index contributed by atoms with van der Waals surface area (Å²) in [6.45, 7) is 2.97. The summed E-state index contributed by atoms with van der Waals surface area (Å²) in [5.74, 6) is 0.809. The zero-order chi connectivity index (χ0) is 13.2. The summed E-state index contributed by atoms with van der Waals surface area (Å²) in [6.07, 6.45) is 5.92. The van der Waals surface area contributed by atoms with Gasteiger partial charge in [-0.2, -0.15) is 0 Å². The van der Waals surface area contributed by atoms with Gasteiger partial charge in [-0.3, -0.25) is 0 Å².